The maximum absolute atomic E-state index is 14.1. The Balaban J connectivity index is 1.80. The lowest BCUT2D eigenvalue weighted by molar-refractivity contribution is -0.274. The lowest BCUT2D eigenvalue weighted by Crippen LogP contribution is -2.16. The van der Waals surface area contributed by atoms with Gasteiger partial charge in [-0.3, -0.25) is 0 Å². The molecule has 0 N–H and O–H groups in total. The van der Waals surface area contributed by atoms with E-state index >= 15 is 0 Å². The zero-order valence-corrected chi connectivity index (χ0v) is 16.2. The molecule has 1 aromatic heterocycles. The van der Waals surface area contributed by atoms with E-state index in [0.29, 0.717) is 11.1 Å². The van der Waals surface area contributed by atoms with E-state index in [9.17, 15) is 17.6 Å². The van der Waals surface area contributed by atoms with Gasteiger partial charge in [0, 0.05) is 29.6 Å². The topological polar surface area (TPSA) is 45.9 Å². The van der Waals surface area contributed by atoms with Crippen molar-refractivity contribution in [3.05, 3.63) is 77.2 Å². The number of pyridine rings is 1. The monoisotopic (exact) mass is 428 g/mol. The van der Waals surface area contributed by atoms with E-state index in [2.05, 4.69) is 21.6 Å². The summed E-state index contributed by atoms with van der Waals surface area (Å²) in [7, 11) is 0. The highest BCUT2D eigenvalue weighted by atomic mass is 32.2. The fourth-order valence-corrected chi connectivity index (χ4v) is 2.94. The van der Waals surface area contributed by atoms with Crippen LogP contribution in [0.2, 0.25) is 0 Å². The molecule has 0 spiro atoms. The molecule has 8 heteroatoms. The summed E-state index contributed by atoms with van der Waals surface area (Å²) in [6.45, 7) is 1.83. The third kappa shape index (κ3) is 5.53. The van der Waals surface area contributed by atoms with E-state index in [1.54, 1.807) is 12.1 Å². The predicted octanol–water partition coefficient (Wildman–Crippen LogP) is 6.07. The van der Waals surface area contributed by atoms with Crippen molar-refractivity contribution in [2.45, 2.75) is 18.3 Å². The van der Waals surface area contributed by atoms with Crippen molar-refractivity contribution in [2.75, 3.05) is 0 Å². The van der Waals surface area contributed by atoms with Gasteiger partial charge in [-0.1, -0.05) is 36.1 Å². The summed E-state index contributed by atoms with van der Waals surface area (Å²) in [6, 6.07) is 12.1. The van der Waals surface area contributed by atoms with Crippen molar-refractivity contribution in [3.63, 3.8) is 0 Å². The quantitative estimate of drug-likeness (QED) is 0.220. The van der Waals surface area contributed by atoms with Crippen molar-refractivity contribution in [1.29, 1.82) is 5.26 Å². The molecule has 0 fully saturated rings. The summed E-state index contributed by atoms with van der Waals surface area (Å²) in [4.78, 5) is 3.96. The number of alkyl halides is 3. The maximum Gasteiger partial charge on any atom is 0.573 e. The van der Waals surface area contributed by atoms with Gasteiger partial charge in [-0.25, -0.2) is 9.37 Å². The van der Waals surface area contributed by atoms with Crippen LogP contribution in [0.4, 0.5) is 17.6 Å². The standard InChI is InChI=1S/C22H12F4N2OS/c1-14-10-17(16-6-8-19(9-7-16)29-22(24,25)26)4-2-15(14)3-5-18-12-28-21(30-13-27)11-20(18)23/h2,4,6-12H,1H3. The SMILES string of the molecule is Cc1cc(-c2ccc(OC(F)(F)F)cc2)ccc1C#Cc1cnc(SC#N)cc1F. The van der Waals surface area contributed by atoms with Gasteiger partial charge >= 0.3 is 6.36 Å². The molecular formula is C22H12F4N2OS. The van der Waals surface area contributed by atoms with E-state index in [1.165, 1.54) is 30.5 Å². The Morgan fingerprint density at radius 2 is 1.63 bits per heavy atom. The van der Waals surface area contributed by atoms with Crippen molar-refractivity contribution >= 4 is 11.8 Å². The molecule has 0 bridgehead atoms. The largest absolute Gasteiger partial charge is 0.573 e. The van der Waals surface area contributed by atoms with Gasteiger partial charge in [0.1, 0.15) is 22.0 Å². The Morgan fingerprint density at radius 3 is 2.23 bits per heavy atom. The molecule has 0 saturated carbocycles. The highest BCUT2D eigenvalue weighted by molar-refractivity contribution is 8.03. The molecule has 0 unspecified atom stereocenters. The van der Waals surface area contributed by atoms with Crippen LogP contribution in [-0.4, -0.2) is 11.3 Å². The van der Waals surface area contributed by atoms with Crippen molar-refractivity contribution in [1.82, 2.24) is 4.98 Å². The minimum absolute atomic E-state index is 0.112. The molecule has 0 atom stereocenters. The van der Waals surface area contributed by atoms with Gasteiger partial charge in [-0.15, -0.1) is 13.2 Å². The molecule has 2 aromatic carbocycles. The molecule has 0 amide bonds. The number of benzene rings is 2. The highest BCUT2D eigenvalue weighted by Gasteiger charge is 2.30. The number of aryl methyl sites for hydroxylation is 1. The summed E-state index contributed by atoms with van der Waals surface area (Å²) >= 11 is 0.761. The first-order valence-corrected chi connectivity index (χ1v) is 9.27. The molecule has 3 aromatic rings. The summed E-state index contributed by atoms with van der Waals surface area (Å²) in [5.74, 6) is 4.76. The average molecular weight is 428 g/mol. The number of thiocyanates is 1. The molecule has 0 saturated heterocycles. The number of hydrogen-bond donors (Lipinski definition) is 0. The van der Waals surface area contributed by atoms with Crippen molar-refractivity contribution in [3.8, 4) is 34.1 Å². The van der Waals surface area contributed by atoms with Crippen LogP contribution in [0.15, 0.2) is 59.8 Å². The van der Waals surface area contributed by atoms with Crippen LogP contribution in [-0.2, 0) is 0 Å². The van der Waals surface area contributed by atoms with Gasteiger partial charge < -0.3 is 4.74 Å². The summed E-state index contributed by atoms with van der Waals surface area (Å²) in [5.41, 5.74) is 3.11. The van der Waals surface area contributed by atoms with Crippen LogP contribution in [0.25, 0.3) is 11.1 Å². The zero-order valence-electron chi connectivity index (χ0n) is 15.4. The lowest BCUT2D eigenvalue weighted by atomic mass is 10.00. The molecule has 150 valence electrons. The minimum Gasteiger partial charge on any atom is -0.406 e. The van der Waals surface area contributed by atoms with E-state index in [4.69, 9.17) is 5.26 Å². The van der Waals surface area contributed by atoms with E-state index in [0.717, 1.165) is 29.0 Å². The number of hydrogen-bond acceptors (Lipinski definition) is 4. The van der Waals surface area contributed by atoms with Gasteiger partial charge in [-0.05, 0) is 41.8 Å². The normalized spacial score (nSPS) is 10.7. The summed E-state index contributed by atoms with van der Waals surface area (Å²) < 4.78 is 54.7. The number of ether oxygens (including phenoxy) is 1. The van der Waals surface area contributed by atoms with E-state index in [1.807, 2.05) is 18.4 Å². The second-order valence-electron chi connectivity index (χ2n) is 6.05. The molecule has 3 nitrogen and oxygen atoms in total. The van der Waals surface area contributed by atoms with E-state index < -0.39 is 12.2 Å². The third-order valence-corrected chi connectivity index (χ3v) is 4.48. The van der Waals surface area contributed by atoms with Crippen LogP contribution < -0.4 is 4.74 Å². The molecule has 3 rings (SSSR count). The number of nitriles is 1. The summed E-state index contributed by atoms with van der Waals surface area (Å²) in [6.07, 6.45) is -3.46. The Kier molecular flexibility index (Phi) is 6.29. The molecular weight excluding hydrogens is 416 g/mol. The van der Waals surface area contributed by atoms with Crippen LogP contribution in [0, 0.1) is 35.2 Å². The number of halogens is 4. The number of rotatable bonds is 3. The van der Waals surface area contributed by atoms with Crippen LogP contribution >= 0.6 is 11.8 Å². The van der Waals surface area contributed by atoms with E-state index in [-0.39, 0.29) is 16.3 Å². The van der Waals surface area contributed by atoms with Gasteiger partial charge in [-0.2, -0.15) is 5.26 Å². The smallest absolute Gasteiger partial charge is 0.406 e. The molecule has 0 aliphatic rings. The second-order valence-corrected chi connectivity index (χ2v) is 6.85. The van der Waals surface area contributed by atoms with Crippen LogP contribution in [0.3, 0.4) is 0 Å². The van der Waals surface area contributed by atoms with Gasteiger partial charge in [0.2, 0.25) is 0 Å². The first-order chi connectivity index (χ1) is 14.2. The Labute approximate surface area is 174 Å². The predicted molar refractivity (Wildman–Crippen MR) is 105 cm³/mol. The third-order valence-electron chi connectivity index (χ3n) is 3.96. The van der Waals surface area contributed by atoms with Crippen molar-refractivity contribution < 1.29 is 22.3 Å². The van der Waals surface area contributed by atoms with Gasteiger partial charge in [0.15, 0.2) is 0 Å². The first-order valence-electron chi connectivity index (χ1n) is 8.45. The molecule has 0 radical (unpaired) electrons. The summed E-state index contributed by atoms with van der Waals surface area (Å²) in [5, 5.41) is 10.7. The number of thioether (sulfide) groups is 1. The Bertz CT molecular complexity index is 1170. The van der Waals surface area contributed by atoms with Gasteiger partial charge in [0.05, 0.1) is 5.56 Å². The second kappa shape index (κ2) is 8.89. The first kappa shape index (κ1) is 21.2. The number of nitrogens with zero attached hydrogens (tertiary/aromatic N) is 2. The van der Waals surface area contributed by atoms with Crippen LogP contribution in [0.1, 0.15) is 16.7 Å². The number of aromatic nitrogens is 1. The molecule has 30 heavy (non-hydrogen) atoms. The van der Waals surface area contributed by atoms with Crippen molar-refractivity contribution in [2.24, 2.45) is 0 Å². The lowest BCUT2D eigenvalue weighted by Gasteiger charge is -2.10. The maximum atomic E-state index is 14.1. The zero-order chi connectivity index (χ0) is 21.7. The highest BCUT2D eigenvalue weighted by Crippen LogP contribution is 2.27. The fourth-order valence-electron chi connectivity index (χ4n) is 2.58. The minimum atomic E-state index is -4.73. The fraction of sp³-hybridized carbons (Fsp3) is 0.0909. The molecule has 0 aliphatic carbocycles. The van der Waals surface area contributed by atoms with Gasteiger partial charge in [0.25, 0.3) is 0 Å². The Morgan fingerprint density at radius 1 is 0.967 bits per heavy atom. The average Bonchev–Trinajstić information content (AvgIpc) is 2.68. The molecule has 0 aliphatic heterocycles. The molecule has 1 heterocycles. The van der Waals surface area contributed by atoms with Crippen LogP contribution in [0.5, 0.6) is 5.75 Å². The Hall–Kier alpha value is -3.49.